The number of anilines is 1. The van der Waals surface area contributed by atoms with Gasteiger partial charge >= 0.3 is 0 Å². The second-order valence-electron chi connectivity index (χ2n) is 14.9. The second kappa shape index (κ2) is 17.5. The molecule has 2 fully saturated rings. The lowest BCUT2D eigenvalue weighted by Crippen LogP contribution is -2.68. The SMILES string of the molecule is O=C(CCCCCCCCCCC[N+]12CCN=C(C1)C2)NCc1ccc(C2C(CCC(O)c3ccc(F)cc3)C(=O)N2c2ccc(F)cc2)cc1. The van der Waals surface area contributed by atoms with Crippen molar-refractivity contribution < 1.29 is 28.0 Å². The summed E-state index contributed by atoms with van der Waals surface area (Å²) in [5.74, 6) is -1.13. The van der Waals surface area contributed by atoms with E-state index in [2.05, 4.69) is 10.3 Å². The molecule has 3 atom stereocenters. The van der Waals surface area contributed by atoms with Gasteiger partial charge in [0.1, 0.15) is 30.4 Å². The molecule has 0 radical (unpaired) electrons. The summed E-state index contributed by atoms with van der Waals surface area (Å²) in [6.07, 6.45) is 11.5. The molecule has 0 aromatic heterocycles. The Bertz CT molecular complexity index is 1620. The van der Waals surface area contributed by atoms with Crippen LogP contribution in [0.4, 0.5) is 14.5 Å². The van der Waals surface area contributed by atoms with E-state index in [0.29, 0.717) is 37.1 Å². The summed E-state index contributed by atoms with van der Waals surface area (Å²) in [6, 6.07) is 19.3. The second-order valence-corrected chi connectivity index (χ2v) is 14.9. The number of fused-ring (bicyclic) bond motifs is 2. The average Bonchev–Trinajstić information content (AvgIpc) is 3.13. The van der Waals surface area contributed by atoms with Gasteiger partial charge in [-0.1, -0.05) is 74.9 Å². The summed E-state index contributed by atoms with van der Waals surface area (Å²) < 4.78 is 28.3. The summed E-state index contributed by atoms with van der Waals surface area (Å²) in [5.41, 5.74) is 4.57. The Morgan fingerprint density at radius 1 is 0.843 bits per heavy atom. The molecule has 7 nitrogen and oxygen atoms in total. The van der Waals surface area contributed by atoms with E-state index in [9.17, 15) is 23.5 Å². The van der Waals surface area contributed by atoms with Gasteiger partial charge in [-0.3, -0.25) is 14.6 Å². The largest absolute Gasteiger partial charge is 0.388 e. The first-order chi connectivity index (χ1) is 24.8. The number of amides is 2. The van der Waals surface area contributed by atoms with Gasteiger partial charge in [0.25, 0.3) is 0 Å². The summed E-state index contributed by atoms with van der Waals surface area (Å²) in [7, 11) is 0. The van der Waals surface area contributed by atoms with Crippen molar-refractivity contribution in [1.82, 2.24) is 5.32 Å². The Hall–Kier alpha value is -3.95. The number of hydrogen-bond donors (Lipinski definition) is 2. The number of aliphatic hydroxyl groups excluding tert-OH is 1. The predicted octanol–water partition coefficient (Wildman–Crippen LogP) is 7.98. The van der Waals surface area contributed by atoms with Crippen LogP contribution in [0.3, 0.4) is 0 Å². The van der Waals surface area contributed by atoms with E-state index in [4.69, 9.17) is 0 Å². The van der Waals surface area contributed by atoms with Crippen LogP contribution >= 0.6 is 0 Å². The molecule has 4 aliphatic rings. The zero-order valence-corrected chi connectivity index (χ0v) is 29.7. The van der Waals surface area contributed by atoms with Gasteiger partial charge in [-0.25, -0.2) is 8.78 Å². The number of nitrogens with one attached hydrogen (secondary N) is 1. The minimum atomic E-state index is -0.818. The van der Waals surface area contributed by atoms with E-state index in [0.717, 1.165) is 30.5 Å². The lowest BCUT2D eigenvalue weighted by atomic mass is 9.78. The Morgan fingerprint density at radius 3 is 2.08 bits per heavy atom. The van der Waals surface area contributed by atoms with Crippen molar-refractivity contribution in [3.8, 4) is 0 Å². The van der Waals surface area contributed by atoms with E-state index in [1.165, 1.54) is 106 Å². The number of quaternary nitrogens is 1. The third kappa shape index (κ3) is 9.69. The highest BCUT2D eigenvalue weighted by atomic mass is 19.1. The van der Waals surface area contributed by atoms with Crippen molar-refractivity contribution in [2.45, 2.75) is 95.7 Å². The number of hydrogen-bond acceptors (Lipinski definition) is 4. The molecule has 2 N–H and O–H groups in total. The number of carbonyl (C=O) groups is 2. The molecule has 0 spiro atoms. The number of unbranched alkanes of at least 4 members (excludes halogenated alkanes) is 8. The number of β-lactam (4-membered cyclic amide) rings is 1. The Kier molecular flexibility index (Phi) is 12.6. The number of benzene rings is 3. The van der Waals surface area contributed by atoms with Gasteiger partial charge in [0.05, 0.1) is 37.7 Å². The molecule has 7 rings (SSSR count). The molecule has 272 valence electrons. The van der Waals surface area contributed by atoms with Crippen LogP contribution < -0.4 is 10.2 Å². The Labute approximate surface area is 301 Å². The van der Waals surface area contributed by atoms with E-state index in [1.54, 1.807) is 29.2 Å². The maximum absolute atomic E-state index is 13.7. The first-order valence-corrected chi connectivity index (χ1v) is 19.1. The van der Waals surface area contributed by atoms with Crippen LogP contribution in [0.5, 0.6) is 0 Å². The number of aliphatic imine (C=N–C) groups is 1. The van der Waals surface area contributed by atoms with E-state index in [1.807, 2.05) is 24.3 Å². The number of halogens is 2. The molecule has 3 aromatic carbocycles. The van der Waals surface area contributed by atoms with Crippen LogP contribution in [0, 0.1) is 17.6 Å². The maximum Gasteiger partial charge on any atom is 0.233 e. The van der Waals surface area contributed by atoms with Crippen LogP contribution in [-0.4, -0.2) is 59.8 Å². The van der Waals surface area contributed by atoms with Crippen molar-refractivity contribution in [2.24, 2.45) is 10.9 Å². The van der Waals surface area contributed by atoms with Crippen molar-refractivity contribution in [1.29, 1.82) is 0 Å². The summed E-state index contributed by atoms with van der Waals surface area (Å²) in [6.45, 7) is 6.49. The molecule has 2 bridgehead atoms. The fourth-order valence-electron chi connectivity index (χ4n) is 8.06. The standard InChI is InChI=1S/C42H52F2N4O3/c43-34-17-15-32(16-18-34)39(49)24-23-38-41(47(42(38)51)37-21-19-35(44)20-22-37)33-13-11-31(12-14-33)28-46-40(50)10-8-6-4-2-1-3-5-7-9-26-48-27-25-45-36(29-48)30-48/h11-22,38-39,41,49H,1-10,23-30H2/p+1. The number of aliphatic hydroxyl groups is 1. The highest BCUT2D eigenvalue weighted by Crippen LogP contribution is 2.46. The van der Waals surface area contributed by atoms with Crippen molar-refractivity contribution >= 4 is 23.2 Å². The van der Waals surface area contributed by atoms with Gasteiger partial charge in [-0.2, -0.15) is 0 Å². The van der Waals surface area contributed by atoms with Crippen molar-refractivity contribution in [2.75, 3.05) is 37.6 Å². The van der Waals surface area contributed by atoms with Crippen molar-refractivity contribution in [3.05, 3.63) is 101 Å². The number of carbonyl (C=O) groups excluding carboxylic acids is 2. The number of rotatable bonds is 20. The minimum absolute atomic E-state index is 0.0617. The zero-order valence-electron chi connectivity index (χ0n) is 29.7. The quantitative estimate of drug-likeness (QED) is 0.0713. The first kappa shape index (κ1) is 36.8. The van der Waals surface area contributed by atoms with Gasteiger partial charge in [0, 0.05) is 18.7 Å². The molecular weight excluding hydrogens is 646 g/mol. The molecular formula is C42H53F2N4O3+. The topological polar surface area (TPSA) is 82.0 Å². The van der Waals surface area contributed by atoms with Crippen LogP contribution in [0.2, 0.25) is 0 Å². The fraction of sp³-hybridized carbons (Fsp3) is 0.500. The van der Waals surface area contributed by atoms with Crippen LogP contribution in [0.25, 0.3) is 0 Å². The van der Waals surface area contributed by atoms with Crippen molar-refractivity contribution in [3.63, 3.8) is 0 Å². The average molecular weight is 700 g/mol. The van der Waals surface area contributed by atoms with Gasteiger partial charge < -0.3 is 19.8 Å². The van der Waals surface area contributed by atoms with E-state index < -0.39 is 6.10 Å². The van der Waals surface area contributed by atoms with Gasteiger partial charge in [0.15, 0.2) is 0 Å². The molecule has 9 heteroatoms. The Morgan fingerprint density at radius 2 is 1.45 bits per heavy atom. The lowest BCUT2D eigenvalue weighted by molar-refractivity contribution is -0.933. The molecule has 2 saturated heterocycles. The smallest absolute Gasteiger partial charge is 0.233 e. The van der Waals surface area contributed by atoms with Gasteiger partial charge in [-0.05, 0) is 85.2 Å². The highest BCUT2D eigenvalue weighted by Gasteiger charge is 2.48. The van der Waals surface area contributed by atoms with Gasteiger partial charge in [-0.15, -0.1) is 0 Å². The van der Waals surface area contributed by atoms with Gasteiger partial charge in [0.2, 0.25) is 11.8 Å². The third-order valence-corrected chi connectivity index (χ3v) is 11.1. The van der Waals surface area contributed by atoms with E-state index in [-0.39, 0.29) is 35.4 Å². The van der Waals surface area contributed by atoms with Crippen LogP contribution in [-0.2, 0) is 16.1 Å². The number of nitrogens with zero attached hydrogens (tertiary/aromatic N) is 3. The van der Waals surface area contributed by atoms with Crippen LogP contribution in [0.15, 0.2) is 77.8 Å². The fourth-order valence-corrected chi connectivity index (χ4v) is 8.06. The predicted molar refractivity (Wildman–Crippen MR) is 197 cm³/mol. The lowest BCUT2D eigenvalue weighted by Gasteiger charge is -2.49. The molecule has 2 amide bonds. The summed E-state index contributed by atoms with van der Waals surface area (Å²) in [4.78, 5) is 32.2. The molecule has 3 unspecified atom stereocenters. The molecule has 51 heavy (non-hydrogen) atoms. The third-order valence-electron chi connectivity index (χ3n) is 11.1. The summed E-state index contributed by atoms with van der Waals surface area (Å²) in [5, 5.41) is 13.8. The first-order valence-electron chi connectivity index (χ1n) is 19.1. The van der Waals surface area contributed by atoms with E-state index >= 15 is 0 Å². The molecule has 3 aromatic rings. The molecule has 4 heterocycles. The maximum atomic E-state index is 13.7. The Balaban J connectivity index is 0.889. The molecule has 4 aliphatic heterocycles. The zero-order chi connectivity index (χ0) is 35.6. The molecule has 0 aliphatic carbocycles. The highest BCUT2D eigenvalue weighted by molar-refractivity contribution is 6.03. The molecule has 0 saturated carbocycles. The monoisotopic (exact) mass is 699 g/mol. The minimum Gasteiger partial charge on any atom is -0.388 e. The van der Waals surface area contributed by atoms with Crippen LogP contribution in [0.1, 0.15) is 106 Å². The summed E-state index contributed by atoms with van der Waals surface area (Å²) >= 11 is 0. The normalized spacial score (nSPS) is 19.5.